The van der Waals surface area contributed by atoms with Crippen LogP contribution in [0.25, 0.3) is 0 Å². The fourth-order valence-electron chi connectivity index (χ4n) is 0.978. The molecule has 0 saturated carbocycles. The molecule has 13 heavy (non-hydrogen) atoms. The Labute approximate surface area is 85.5 Å². The van der Waals surface area contributed by atoms with Crippen molar-refractivity contribution in [3.05, 3.63) is 28.5 Å². The van der Waals surface area contributed by atoms with Gasteiger partial charge in [-0.05, 0) is 28.1 Å². The molecule has 2 N–H and O–H groups in total. The third-order valence-electron chi connectivity index (χ3n) is 1.77. The van der Waals surface area contributed by atoms with Crippen molar-refractivity contribution in [2.75, 3.05) is 0 Å². The van der Waals surface area contributed by atoms with E-state index >= 15 is 0 Å². The summed E-state index contributed by atoms with van der Waals surface area (Å²) in [5.74, 6) is -0.455. The summed E-state index contributed by atoms with van der Waals surface area (Å²) in [6, 6.07) is 5.61. The molecule has 1 aromatic heterocycles. The second kappa shape index (κ2) is 4.37. The quantitative estimate of drug-likeness (QED) is 0.818. The lowest BCUT2D eigenvalue weighted by Gasteiger charge is -2.05. The minimum Gasteiger partial charge on any atom is -0.369 e. The van der Waals surface area contributed by atoms with Crippen LogP contribution in [0.1, 0.15) is 12.6 Å². The monoisotopic (exact) mass is 242 g/mol. The third-order valence-corrected chi connectivity index (χ3v) is 2.22. The van der Waals surface area contributed by atoms with Crippen LogP contribution >= 0.6 is 15.9 Å². The van der Waals surface area contributed by atoms with E-state index in [1.165, 1.54) is 0 Å². The minimum absolute atomic E-state index is 0.165. The summed E-state index contributed by atoms with van der Waals surface area (Å²) in [4.78, 5) is 15.0. The van der Waals surface area contributed by atoms with E-state index in [0.717, 1.165) is 10.3 Å². The number of primary amides is 1. The second-order valence-electron chi connectivity index (χ2n) is 2.96. The number of hydrogen-bond donors (Lipinski definition) is 1. The summed E-state index contributed by atoms with van der Waals surface area (Å²) < 4.78 is 0.779. The first-order valence-electron chi connectivity index (χ1n) is 4.00. The molecule has 1 heterocycles. The summed E-state index contributed by atoms with van der Waals surface area (Å²) in [5.41, 5.74) is 6.02. The van der Waals surface area contributed by atoms with E-state index in [1.807, 2.05) is 18.2 Å². The van der Waals surface area contributed by atoms with Gasteiger partial charge in [0, 0.05) is 18.0 Å². The van der Waals surface area contributed by atoms with Gasteiger partial charge in [-0.25, -0.2) is 4.98 Å². The first-order valence-corrected chi connectivity index (χ1v) is 4.79. The van der Waals surface area contributed by atoms with E-state index in [2.05, 4.69) is 20.9 Å². The lowest BCUT2D eigenvalue weighted by atomic mass is 10.1. The molecule has 0 saturated heterocycles. The van der Waals surface area contributed by atoms with Crippen molar-refractivity contribution in [2.24, 2.45) is 11.7 Å². The lowest BCUT2D eigenvalue weighted by molar-refractivity contribution is -0.121. The average molecular weight is 243 g/mol. The zero-order valence-electron chi connectivity index (χ0n) is 7.33. The summed E-state index contributed by atoms with van der Waals surface area (Å²) in [6.45, 7) is 1.80. The SMILES string of the molecule is CC(Cc1cccc(Br)n1)C(N)=O. The summed E-state index contributed by atoms with van der Waals surface area (Å²) in [5, 5.41) is 0. The molecule has 0 aliphatic heterocycles. The molecule has 1 rings (SSSR count). The molecule has 1 amide bonds. The molecule has 1 atom stereocenters. The molecule has 0 aliphatic carbocycles. The standard InChI is InChI=1S/C9H11BrN2O/c1-6(9(11)13)5-7-3-2-4-8(10)12-7/h2-4,6H,5H2,1H3,(H2,11,13). The van der Waals surface area contributed by atoms with Crippen LogP contribution in [-0.4, -0.2) is 10.9 Å². The van der Waals surface area contributed by atoms with Crippen LogP contribution in [0.2, 0.25) is 0 Å². The van der Waals surface area contributed by atoms with Gasteiger partial charge in [0.05, 0.1) is 0 Å². The number of amides is 1. The molecule has 4 heteroatoms. The predicted molar refractivity (Wildman–Crippen MR) is 54.0 cm³/mol. The number of carbonyl (C=O) groups excluding carboxylic acids is 1. The van der Waals surface area contributed by atoms with E-state index in [1.54, 1.807) is 6.92 Å². The molecule has 1 unspecified atom stereocenters. The molecule has 0 radical (unpaired) electrons. The molecular weight excluding hydrogens is 232 g/mol. The number of nitrogens with zero attached hydrogens (tertiary/aromatic N) is 1. The normalized spacial score (nSPS) is 12.5. The van der Waals surface area contributed by atoms with Crippen LogP contribution in [0.15, 0.2) is 22.8 Å². The maximum Gasteiger partial charge on any atom is 0.220 e. The Kier molecular flexibility index (Phi) is 3.42. The van der Waals surface area contributed by atoms with E-state index in [9.17, 15) is 4.79 Å². The fraction of sp³-hybridized carbons (Fsp3) is 0.333. The Bertz CT molecular complexity index is 314. The van der Waals surface area contributed by atoms with Gasteiger partial charge in [-0.3, -0.25) is 4.79 Å². The number of pyridine rings is 1. The van der Waals surface area contributed by atoms with Crippen LogP contribution in [0.5, 0.6) is 0 Å². The van der Waals surface area contributed by atoms with Gasteiger partial charge in [0.25, 0.3) is 0 Å². The van der Waals surface area contributed by atoms with Gasteiger partial charge in [-0.1, -0.05) is 13.0 Å². The Balaban J connectivity index is 2.69. The zero-order valence-corrected chi connectivity index (χ0v) is 8.91. The first kappa shape index (κ1) is 10.2. The largest absolute Gasteiger partial charge is 0.369 e. The summed E-state index contributed by atoms with van der Waals surface area (Å²) in [7, 11) is 0. The maximum atomic E-state index is 10.8. The Morgan fingerprint density at radius 1 is 1.69 bits per heavy atom. The number of nitrogens with two attached hydrogens (primary N) is 1. The number of rotatable bonds is 3. The molecular formula is C9H11BrN2O. The molecule has 3 nitrogen and oxygen atoms in total. The van der Waals surface area contributed by atoms with Gasteiger partial charge in [0.1, 0.15) is 4.60 Å². The van der Waals surface area contributed by atoms with E-state index in [4.69, 9.17) is 5.73 Å². The van der Waals surface area contributed by atoms with Crippen molar-refractivity contribution >= 4 is 21.8 Å². The predicted octanol–water partition coefficient (Wildman–Crippen LogP) is 1.51. The average Bonchev–Trinajstić information content (AvgIpc) is 2.04. The number of carbonyl (C=O) groups is 1. The highest BCUT2D eigenvalue weighted by atomic mass is 79.9. The Morgan fingerprint density at radius 2 is 2.38 bits per heavy atom. The third kappa shape index (κ3) is 3.14. The highest BCUT2D eigenvalue weighted by Gasteiger charge is 2.09. The van der Waals surface area contributed by atoms with Crippen molar-refractivity contribution in [3.63, 3.8) is 0 Å². The van der Waals surface area contributed by atoms with Crippen LogP contribution in [0.4, 0.5) is 0 Å². The first-order chi connectivity index (χ1) is 6.09. The van der Waals surface area contributed by atoms with Gasteiger partial charge in [-0.2, -0.15) is 0 Å². The van der Waals surface area contributed by atoms with E-state index in [0.29, 0.717) is 6.42 Å². The van der Waals surface area contributed by atoms with Crippen LogP contribution < -0.4 is 5.73 Å². The number of halogens is 1. The van der Waals surface area contributed by atoms with Crippen LogP contribution in [0.3, 0.4) is 0 Å². The molecule has 1 aromatic rings. The van der Waals surface area contributed by atoms with Gasteiger partial charge in [-0.15, -0.1) is 0 Å². The van der Waals surface area contributed by atoms with Crippen molar-refractivity contribution in [1.29, 1.82) is 0 Å². The molecule has 0 aliphatic rings. The molecule has 0 aromatic carbocycles. The number of aromatic nitrogens is 1. The molecule has 70 valence electrons. The lowest BCUT2D eigenvalue weighted by Crippen LogP contribution is -2.22. The summed E-state index contributed by atoms with van der Waals surface area (Å²) in [6.07, 6.45) is 0.592. The van der Waals surface area contributed by atoms with Gasteiger partial charge < -0.3 is 5.73 Å². The van der Waals surface area contributed by atoms with Crippen LogP contribution in [0, 0.1) is 5.92 Å². The highest BCUT2D eigenvalue weighted by Crippen LogP contribution is 2.10. The van der Waals surface area contributed by atoms with Crippen molar-refractivity contribution < 1.29 is 4.79 Å². The zero-order chi connectivity index (χ0) is 9.84. The van der Waals surface area contributed by atoms with Gasteiger partial charge in [0.2, 0.25) is 5.91 Å². The van der Waals surface area contributed by atoms with Crippen molar-refractivity contribution in [1.82, 2.24) is 4.98 Å². The van der Waals surface area contributed by atoms with Gasteiger partial charge in [0.15, 0.2) is 0 Å². The summed E-state index contributed by atoms with van der Waals surface area (Å²) >= 11 is 3.26. The van der Waals surface area contributed by atoms with E-state index < -0.39 is 0 Å². The highest BCUT2D eigenvalue weighted by molar-refractivity contribution is 9.10. The smallest absolute Gasteiger partial charge is 0.220 e. The van der Waals surface area contributed by atoms with E-state index in [-0.39, 0.29) is 11.8 Å². The fourth-order valence-corrected chi connectivity index (χ4v) is 1.36. The topological polar surface area (TPSA) is 56.0 Å². The van der Waals surface area contributed by atoms with Crippen molar-refractivity contribution in [2.45, 2.75) is 13.3 Å². The number of hydrogen-bond acceptors (Lipinski definition) is 2. The Hall–Kier alpha value is -0.900. The maximum absolute atomic E-state index is 10.8. The van der Waals surface area contributed by atoms with Crippen LogP contribution in [-0.2, 0) is 11.2 Å². The van der Waals surface area contributed by atoms with Gasteiger partial charge >= 0.3 is 0 Å². The molecule has 0 bridgehead atoms. The molecule has 0 spiro atoms. The van der Waals surface area contributed by atoms with Crippen molar-refractivity contribution in [3.8, 4) is 0 Å². The second-order valence-corrected chi connectivity index (χ2v) is 3.77. The molecule has 0 fully saturated rings. The Morgan fingerprint density at radius 3 is 2.92 bits per heavy atom. The minimum atomic E-state index is -0.290.